The number of halogens is 2. The second-order valence-electron chi connectivity index (χ2n) is 4.98. The van der Waals surface area contributed by atoms with Gasteiger partial charge in [0, 0.05) is 11.0 Å². The van der Waals surface area contributed by atoms with Crippen molar-refractivity contribution in [3.8, 4) is 0 Å². The molecule has 1 aliphatic heterocycles. The fourth-order valence-corrected chi connectivity index (χ4v) is 2.91. The standard InChI is InChI=1S/C15H20BrClN2O/c1-2-3-4-14-18-13(10-20)15(17)19(14)9-11-5-7-12(16)8-6-11/h5-8,14,18,20H,2-4,9-10H2,1H3/t14-/m1/s1. The van der Waals surface area contributed by atoms with Crippen molar-refractivity contribution in [1.29, 1.82) is 0 Å². The second-order valence-corrected chi connectivity index (χ2v) is 6.26. The third-order valence-electron chi connectivity index (χ3n) is 3.47. The van der Waals surface area contributed by atoms with E-state index in [1.54, 1.807) is 0 Å². The lowest BCUT2D eigenvalue weighted by atomic mass is 10.1. The van der Waals surface area contributed by atoms with Crippen LogP contribution in [0, 0.1) is 0 Å². The fourth-order valence-electron chi connectivity index (χ4n) is 2.35. The highest BCUT2D eigenvalue weighted by molar-refractivity contribution is 9.10. The van der Waals surface area contributed by atoms with Crippen LogP contribution in [0.25, 0.3) is 0 Å². The zero-order valence-corrected chi connectivity index (χ0v) is 13.9. The van der Waals surface area contributed by atoms with E-state index >= 15 is 0 Å². The van der Waals surface area contributed by atoms with Gasteiger partial charge in [-0.1, -0.05) is 53.0 Å². The molecule has 5 heteroatoms. The molecular formula is C15H20BrClN2O. The number of aliphatic hydroxyl groups is 1. The number of hydrogen-bond acceptors (Lipinski definition) is 3. The minimum Gasteiger partial charge on any atom is -0.390 e. The first-order chi connectivity index (χ1) is 9.65. The molecule has 0 saturated heterocycles. The summed E-state index contributed by atoms with van der Waals surface area (Å²) in [6.45, 7) is 2.88. The van der Waals surface area contributed by atoms with Gasteiger partial charge in [-0.25, -0.2) is 0 Å². The monoisotopic (exact) mass is 358 g/mol. The molecule has 3 nitrogen and oxygen atoms in total. The molecule has 1 heterocycles. The van der Waals surface area contributed by atoms with E-state index in [-0.39, 0.29) is 12.8 Å². The lowest BCUT2D eigenvalue weighted by molar-refractivity contribution is 0.242. The number of nitrogens with zero attached hydrogens (tertiary/aromatic N) is 1. The summed E-state index contributed by atoms with van der Waals surface area (Å²) in [7, 11) is 0. The van der Waals surface area contributed by atoms with Gasteiger partial charge in [0.15, 0.2) is 0 Å². The van der Waals surface area contributed by atoms with Gasteiger partial charge in [0.2, 0.25) is 0 Å². The highest BCUT2D eigenvalue weighted by Crippen LogP contribution is 2.28. The summed E-state index contributed by atoms with van der Waals surface area (Å²) in [6.07, 6.45) is 3.48. The van der Waals surface area contributed by atoms with E-state index in [2.05, 4.69) is 45.2 Å². The molecule has 2 rings (SSSR count). The Balaban J connectivity index is 2.11. The first-order valence-corrected chi connectivity index (χ1v) is 8.10. The molecule has 1 aliphatic rings. The molecule has 1 aromatic rings. The Morgan fingerprint density at radius 1 is 1.35 bits per heavy atom. The second kappa shape index (κ2) is 7.34. The van der Waals surface area contributed by atoms with Crippen molar-refractivity contribution in [3.05, 3.63) is 45.2 Å². The number of nitrogens with one attached hydrogen (secondary N) is 1. The van der Waals surface area contributed by atoms with E-state index in [1.807, 2.05) is 12.1 Å². The van der Waals surface area contributed by atoms with Crippen molar-refractivity contribution in [1.82, 2.24) is 10.2 Å². The molecule has 0 amide bonds. The predicted molar refractivity (Wildman–Crippen MR) is 86.1 cm³/mol. The van der Waals surface area contributed by atoms with Crippen LogP contribution in [0.15, 0.2) is 39.6 Å². The number of aliphatic hydroxyl groups excluding tert-OH is 1. The van der Waals surface area contributed by atoms with E-state index in [0.29, 0.717) is 5.16 Å². The average Bonchev–Trinajstić information content (AvgIpc) is 2.75. The maximum Gasteiger partial charge on any atom is 0.128 e. The normalized spacial score (nSPS) is 18.6. The molecule has 20 heavy (non-hydrogen) atoms. The highest BCUT2D eigenvalue weighted by Gasteiger charge is 2.29. The minimum absolute atomic E-state index is 0.0434. The van der Waals surface area contributed by atoms with Gasteiger partial charge < -0.3 is 15.3 Å². The van der Waals surface area contributed by atoms with Crippen LogP contribution in [0.5, 0.6) is 0 Å². The highest BCUT2D eigenvalue weighted by atomic mass is 79.9. The molecule has 0 bridgehead atoms. The maximum absolute atomic E-state index is 9.36. The molecule has 0 spiro atoms. The van der Waals surface area contributed by atoms with Crippen LogP contribution >= 0.6 is 27.5 Å². The Bertz CT molecular complexity index is 475. The van der Waals surface area contributed by atoms with Gasteiger partial charge in [-0.05, 0) is 30.5 Å². The molecular weight excluding hydrogens is 340 g/mol. The number of rotatable bonds is 6. The van der Waals surface area contributed by atoms with E-state index < -0.39 is 0 Å². The Kier molecular flexibility index (Phi) is 5.75. The summed E-state index contributed by atoms with van der Waals surface area (Å²) in [5.41, 5.74) is 1.93. The summed E-state index contributed by atoms with van der Waals surface area (Å²) >= 11 is 9.82. The smallest absolute Gasteiger partial charge is 0.128 e. The topological polar surface area (TPSA) is 35.5 Å². The zero-order chi connectivity index (χ0) is 14.5. The third-order valence-corrected chi connectivity index (χ3v) is 4.45. The molecule has 2 N–H and O–H groups in total. The number of hydrogen-bond donors (Lipinski definition) is 2. The molecule has 0 aliphatic carbocycles. The van der Waals surface area contributed by atoms with Crippen molar-refractivity contribution < 1.29 is 5.11 Å². The SMILES string of the molecule is CCCC[C@@H]1NC(CO)=C(Cl)N1Cc1ccc(Br)cc1. The van der Waals surface area contributed by atoms with Crippen molar-refractivity contribution in [2.45, 2.75) is 38.9 Å². The Morgan fingerprint density at radius 3 is 2.65 bits per heavy atom. The van der Waals surface area contributed by atoms with Crippen molar-refractivity contribution in [2.24, 2.45) is 0 Å². The summed E-state index contributed by atoms with van der Waals surface area (Å²) in [5.74, 6) is 0. The van der Waals surface area contributed by atoms with Gasteiger partial charge in [0.25, 0.3) is 0 Å². The quantitative estimate of drug-likeness (QED) is 0.759. The predicted octanol–water partition coefficient (Wildman–Crippen LogP) is 3.77. The van der Waals surface area contributed by atoms with Gasteiger partial charge >= 0.3 is 0 Å². The summed E-state index contributed by atoms with van der Waals surface area (Å²) in [5, 5.41) is 13.3. The lowest BCUT2D eigenvalue weighted by Gasteiger charge is -2.27. The first kappa shape index (κ1) is 15.7. The Labute approximate surface area is 133 Å². The molecule has 0 aromatic heterocycles. The van der Waals surface area contributed by atoms with Gasteiger partial charge in [-0.3, -0.25) is 0 Å². The maximum atomic E-state index is 9.36. The zero-order valence-electron chi connectivity index (χ0n) is 11.6. The van der Waals surface area contributed by atoms with Crippen LogP contribution in [0.2, 0.25) is 0 Å². The van der Waals surface area contributed by atoms with Crippen LogP contribution in [-0.2, 0) is 6.54 Å². The van der Waals surface area contributed by atoms with Crippen LogP contribution in [-0.4, -0.2) is 22.8 Å². The number of unbranched alkanes of at least 4 members (excludes halogenated alkanes) is 1. The lowest BCUT2D eigenvalue weighted by Crippen LogP contribution is -2.36. The Morgan fingerprint density at radius 2 is 2.05 bits per heavy atom. The van der Waals surface area contributed by atoms with Gasteiger partial charge in [0.05, 0.1) is 18.5 Å². The van der Waals surface area contributed by atoms with Gasteiger partial charge in [0.1, 0.15) is 5.16 Å². The molecule has 0 radical (unpaired) electrons. The van der Waals surface area contributed by atoms with E-state index in [1.165, 1.54) is 5.56 Å². The van der Waals surface area contributed by atoms with E-state index in [0.717, 1.165) is 36.0 Å². The molecule has 1 aromatic carbocycles. The molecule has 1 atom stereocenters. The van der Waals surface area contributed by atoms with Crippen LogP contribution in [0.1, 0.15) is 31.7 Å². The van der Waals surface area contributed by atoms with Gasteiger partial charge in [-0.2, -0.15) is 0 Å². The van der Waals surface area contributed by atoms with Crippen molar-refractivity contribution >= 4 is 27.5 Å². The summed E-state index contributed by atoms with van der Waals surface area (Å²) in [4.78, 5) is 2.13. The average molecular weight is 360 g/mol. The third kappa shape index (κ3) is 3.68. The fraction of sp³-hybridized carbons (Fsp3) is 0.467. The largest absolute Gasteiger partial charge is 0.390 e. The van der Waals surface area contributed by atoms with E-state index in [9.17, 15) is 5.11 Å². The van der Waals surface area contributed by atoms with Crippen LogP contribution in [0.3, 0.4) is 0 Å². The number of benzene rings is 1. The van der Waals surface area contributed by atoms with Crippen molar-refractivity contribution in [2.75, 3.05) is 6.61 Å². The summed E-state index contributed by atoms with van der Waals surface area (Å²) < 4.78 is 1.07. The molecule has 0 fully saturated rings. The van der Waals surface area contributed by atoms with E-state index in [4.69, 9.17) is 11.6 Å². The minimum atomic E-state index is -0.0434. The van der Waals surface area contributed by atoms with Gasteiger partial charge in [-0.15, -0.1) is 0 Å². The van der Waals surface area contributed by atoms with Crippen LogP contribution < -0.4 is 5.32 Å². The Hall–Kier alpha value is -0.710. The molecule has 0 unspecified atom stereocenters. The summed E-state index contributed by atoms with van der Waals surface area (Å²) in [6, 6.07) is 8.24. The van der Waals surface area contributed by atoms with Crippen molar-refractivity contribution in [3.63, 3.8) is 0 Å². The molecule has 110 valence electrons. The molecule has 0 saturated carbocycles. The van der Waals surface area contributed by atoms with Crippen LogP contribution in [0.4, 0.5) is 0 Å². The first-order valence-electron chi connectivity index (χ1n) is 6.92.